The summed E-state index contributed by atoms with van der Waals surface area (Å²) in [7, 11) is 0. The molecule has 4 nitrogen and oxygen atoms in total. The summed E-state index contributed by atoms with van der Waals surface area (Å²) in [5, 5.41) is 9.22. The molecule has 2 aliphatic rings. The number of hydrogen-bond donors (Lipinski definition) is 1. The fourth-order valence-electron chi connectivity index (χ4n) is 2.47. The van der Waals surface area contributed by atoms with Crippen molar-refractivity contribution in [3.63, 3.8) is 0 Å². The smallest absolute Gasteiger partial charge is 0.119 e. The maximum absolute atomic E-state index is 9.22. The molecule has 16 heavy (non-hydrogen) atoms. The second-order valence-corrected chi connectivity index (χ2v) is 5.75. The molecule has 1 aliphatic heterocycles. The van der Waals surface area contributed by atoms with E-state index in [1.165, 1.54) is 0 Å². The first-order chi connectivity index (χ1) is 7.45. The molecule has 2 fully saturated rings. The molecular weight excluding hydrogens is 202 g/mol. The molecular formula is C12H21N3O. The minimum atomic E-state index is -0.645. The molecule has 1 heterocycles. The minimum Gasteiger partial charge on any atom is -0.373 e. The van der Waals surface area contributed by atoms with E-state index in [0.717, 1.165) is 32.5 Å². The third-order valence-electron chi connectivity index (χ3n) is 3.50. The van der Waals surface area contributed by atoms with E-state index in [-0.39, 0.29) is 5.60 Å². The lowest BCUT2D eigenvalue weighted by molar-refractivity contribution is -0.0890. The molecule has 0 amide bonds. The number of ether oxygens (including phenoxy) is 1. The number of hydrogen-bond acceptors (Lipinski definition) is 4. The van der Waals surface area contributed by atoms with Gasteiger partial charge >= 0.3 is 0 Å². The van der Waals surface area contributed by atoms with E-state index >= 15 is 0 Å². The van der Waals surface area contributed by atoms with E-state index in [2.05, 4.69) is 24.8 Å². The van der Waals surface area contributed by atoms with E-state index in [9.17, 15) is 5.26 Å². The maximum atomic E-state index is 9.22. The van der Waals surface area contributed by atoms with Crippen LogP contribution in [-0.2, 0) is 4.74 Å². The Morgan fingerprint density at radius 2 is 2.25 bits per heavy atom. The average molecular weight is 223 g/mol. The van der Waals surface area contributed by atoms with Crippen LogP contribution in [0.25, 0.3) is 0 Å². The van der Waals surface area contributed by atoms with Gasteiger partial charge in [0, 0.05) is 19.6 Å². The molecule has 2 rings (SSSR count). The Kier molecular flexibility index (Phi) is 2.95. The predicted octanol–water partition coefficient (Wildman–Crippen LogP) is 0.728. The highest BCUT2D eigenvalue weighted by atomic mass is 16.5. The highest BCUT2D eigenvalue weighted by molar-refractivity contribution is 5.15. The highest BCUT2D eigenvalue weighted by Gasteiger charge is 2.44. The molecule has 0 radical (unpaired) electrons. The van der Waals surface area contributed by atoms with Crippen molar-refractivity contribution in [3.8, 4) is 6.07 Å². The zero-order valence-corrected chi connectivity index (χ0v) is 10.2. The minimum absolute atomic E-state index is 0.113. The normalized spacial score (nSPS) is 29.4. The van der Waals surface area contributed by atoms with Gasteiger partial charge in [-0.3, -0.25) is 4.90 Å². The van der Waals surface area contributed by atoms with Crippen LogP contribution in [0.3, 0.4) is 0 Å². The number of morpholine rings is 1. The summed E-state index contributed by atoms with van der Waals surface area (Å²) in [6, 6.07) is 2.31. The van der Waals surface area contributed by atoms with Gasteiger partial charge in [-0.15, -0.1) is 0 Å². The van der Waals surface area contributed by atoms with Crippen molar-refractivity contribution in [2.75, 3.05) is 26.2 Å². The number of nitrogens with zero attached hydrogens (tertiary/aromatic N) is 2. The third kappa shape index (κ3) is 2.54. The van der Waals surface area contributed by atoms with Gasteiger partial charge in [-0.25, -0.2) is 0 Å². The van der Waals surface area contributed by atoms with Crippen LogP contribution in [0.1, 0.15) is 26.7 Å². The molecule has 0 aromatic carbocycles. The lowest BCUT2D eigenvalue weighted by Gasteiger charge is -2.40. The van der Waals surface area contributed by atoms with E-state index < -0.39 is 5.54 Å². The van der Waals surface area contributed by atoms with Crippen LogP contribution in [0.5, 0.6) is 0 Å². The van der Waals surface area contributed by atoms with Gasteiger partial charge in [-0.2, -0.15) is 5.26 Å². The summed E-state index contributed by atoms with van der Waals surface area (Å²) in [6.45, 7) is 7.33. The van der Waals surface area contributed by atoms with Crippen molar-refractivity contribution >= 4 is 0 Å². The molecule has 1 unspecified atom stereocenters. The van der Waals surface area contributed by atoms with Crippen LogP contribution >= 0.6 is 0 Å². The molecule has 2 N–H and O–H groups in total. The van der Waals surface area contributed by atoms with Crippen LogP contribution in [0.15, 0.2) is 0 Å². The first-order valence-electron chi connectivity index (χ1n) is 6.02. The lowest BCUT2D eigenvalue weighted by atomic mass is 9.94. The molecule has 0 bridgehead atoms. The Morgan fingerprint density at radius 3 is 2.75 bits per heavy atom. The Bertz CT molecular complexity index is 306. The Balaban J connectivity index is 1.96. The molecule has 1 saturated carbocycles. The number of nitriles is 1. The Morgan fingerprint density at radius 1 is 1.56 bits per heavy atom. The van der Waals surface area contributed by atoms with Gasteiger partial charge in [0.05, 0.1) is 18.3 Å². The monoisotopic (exact) mass is 223 g/mol. The fraction of sp³-hybridized carbons (Fsp3) is 0.917. The Hall–Kier alpha value is -0.630. The first-order valence-corrected chi connectivity index (χ1v) is 6.02. The number of rotatable bonds is 3. The molecule has 1 saturated heterocycles. The van der Waals surface area contributed by atoms with E-state index in [1.54, 1.807) is 0 Å². The van der Waals surface area contributed by atoms with Crippen LogP contribution in [0.2, 0.25) is 0 Å². The van der Waals surface area contributed by atoms with Crippen LogP contribution in [-0.4, -0.2) is 42.3 Å². The van der Waals surface area contributed by atoms with Crippen molar-refractivity contribution in [1.29, 1.82) is 5.26 Å². The summed E-state index contributed by atoms with van der Waals surface area (Å²) in [5.74, 6) is 0.406. The van der Waals surface area contributed by atoms with E-state index in [0.29, 0.717) is 12.5 Å². The average Bonchev–Trinajstić information content (AvgIpc) is 2.99. The van der Waals surface area contributed by atoms with Gasteiger partial charge in [0.15, 0.2) is 0 Å². The summed E-state index contributed by atoms with van der Waals surface area (Å²) in [5.41, 5.74) is 5.42. The van der Waals surface area contributed by atoms with Crippen LogP contribution < -0.4 is 5.73 Å². The lowest BCUT2D eigenvalue weighted by Crippen LogP contribution is -2.57. The van der Waals surface area contributed by atoms with Gasteiger partial charge in [0.25, 0.3) is 0 Å². The van der Waals surface area contributed by atoms with Crippen LogP contribution in [0, 0.1) is 17.2 Å². The fourth-order valence-corrected chi connectivity index (χ4v) is 2.47. The van der Waals surface area contributed by atoms with Gasteiger partial charge in [0.2, 0.25) is 0 Å². The summed E-state index contributed by atoms with van der Waals surface area (Å²) < 4.78 is 5.65. The predicted molar refractivity (Wildman–Crippen MR) is 61.7 cm³/mol. The quantitative estimate of drug-likeness (QED) is 0.766. The van der Waals surface area contributed by atoms with E-state index in [1.807, 2.05) is 0 Å². The van der Waals surface area contributed by atoms with Gasteiger partial charge in [0.1, 0.15) is 5.54 Å². The second kappa shape index (κ2) is 3.99. The summed E-state index contributed by atoms with van der Waals surface area (Å²) in [4.78, 5) is 2.27. The largest absolute Gasteiger partial charge is 0.373 e. The van der Waals surface area contributed by atoms with Gasteiger partial charge < -0.3 is 10.5 Å². The van der Waals surface area contributed by atoms with Crippen molar-refractivity contribution in [3.05, 3.63) is 0 Å². The van der Waals surface area contributed by atoms with Gasteiger partial charge in [-0.1, -0.05) is 0 Å². The molecule has 90 valence electrons. The van der Waals surface area contributed by atoms with E-state index in [4.69, 9.17) is 10.5 Å². The van der Waals surface area contributed by atoms with Crippen molar-refractivity contribution in [1.82, 2.24) is 4.90 Å². The third-order valence-corrected chi connectivity index (χ3v) is 3.50. The highest BCUT2D eigenvalue weighted by Crippen LogP contribution is 2.38. The van der Waals surface area contributed by atoms with Crippen molar-refractivity contribution in [2.45, 2.75) is 37.8 Å². The SMILES string of the molecule is CC1(C)CN(CC(N)(C#N)C2CC2)CCO1. The number of nitrogens with two attached hydrogens (primary N) is 1. The molecule has 0 spiro atoms. The Labute approximate surface area is 97.3 Å². The zero-order chi connectivity index (χ0) is 11.8. The van der Waals surface area contributed by atoms with Crippen molar-refractivity contribution in [2.24, 2.45) is 11.7 Å². The van der Waals surface area contributed by atoms with Crippen LogP contribution in [0.4, 0.5) is 0 Å². The molecule has 0 aromatic heterocycles. The topological polar surface area (TPSA) is 62.3 Å². The van der Waals surface area contributed by atoms with Gasteiger partial charge in [-0.05, 0) is 32.6 Å². The second-order valence-electron chi connectivity index (χ2n) is 5.75. The molecule has 1 atom stereocenters. The molecule has 0 aromatic rings. The zero-order valence-electron chi connectivity index (χ0n) is 10.2. The first kappa shape index (κ1) is 11.8. The molecule has 4 heteroatoms. The standard InChI is InChI=1S/C12H21N3O/c1-11(2)8-15(5-6-16-11)9-12(14,7-13)10-3-4-10/h10H,3-6,8-9,14H2,1-2H3. The summed E-state index contributed by atoms with van der Waals surface area (Å²) in [6.07, 6.45) is 2.22. The summed E-state index contributed by atoms with van der Waals surface area (Å²) >= 11 is 0. The van der Waals surface area contributed by atoms with Crippen molar-refractivity contribution < 1.29 is 4.74 Å². The maximum Gasteiger partial charge on any atom is 0.119 e. The molecule has 1 aliphatic carbocycles.